The van der Waals surface area contributed by atoms with E-state index in [0.29, 0.717) is 16.3 Å². The molecule has 7 heteroatoms. The molecular formula is C16H16N4O2S. The highest BCUT2D eigenvalue weighted by Gasteiger charge is 2.30. The van der Waals surface area contributed by atoms with Crippen LogP contribution < -0.4 is 10.2 Å². The van der Waals surface area contributed by atoms with Gasteiger partial charge in [0.2, 0.25) is 5.91 Å². The number of anilines is 2. The number of carbonyl (C=O) groups is 1. The number of amides is 1. The highest BCUT2D eigenvalue weighted by Crippen LogP contribution is 2.32. The zero-order chi connectivity index (χ0) is 16.6. The largest absolute Gasteiger partial charge is 0.510 e. The van der Waals surface area contributed by atoms with E-state index in [0.717, 1.165) is 11.4 Å². The number of aryl methyl sites for hydroxylation is 1. The maximum atomic E-state index is 11.1. The number of hydrogen-bond donors (Lipinski definition) is 3. The Labute approximate surface area is 137 Å². The standard InChI is InChI=1S/C16H16N4O2S/c1-9-8-23-16(18-9)14-13(22)7-20(15(14)17)12-5-3-11(4-6-12)19-10(2)21/h3-6,8,17,22H,7H2,1-2H3,(H,19,21). The van der Waals surface area contributed by atoms with Crippen LogP contribution in [-0.4, -0.2) is 28.4 Å². The number of aliphatic hydroxyl groups is 1. The van der Waals surface area contributed by atoms with E-state index in [1.807, 2.05) is 24.4 Å². The smallest absolute Gasteiger partial charge is 0.221 e. The number of rotatable bonds is 3. The van der Waals surface area contributed by atoms with E-state index in [1.54, 1.807) is 17.0 Å². The molecule has 0 aliphatic carbocycles. The number of aromatic nitrogens is 1. The van der Waals surface area contributed by atoms with Crippen LogP contribution in [0, 0.1) is 12.3 Å². The van der Waals surface area contributed by atoms with Crippen LogP contribution in [0.5, 0.6) is 0 Å². The van der Waals surface area contributed by atoms with Gasteiger partial charge in [0.25, 0.3) is 0 Å². The Morgan fingerprint density at radius 3 is 2.65 bits per heavy atom. The van der Waals surface area contributed by atoms with Gasteiger partial charge in [-0.3, -0.25) is 10.2 Å². The summed E-state index contributed by atoms with van der Waals surface area (Å²) in [5.41, 5.74) is 2.82. The van der Waals surface area contributed by atoms with Crippen LogP contribution in [0.4, 0.5) is 11.4 Å². The van der Waals surface area contributed by atoms with Gasteiger partial charge in [-0.25, -0.2) is 4.98 Å². The Bertz CT molecular complexity index is 808. The molecule has 0 saturated heterocycles. The zero-order valence-electron chi connectivity index (χ0n) is 12.8. The van der Waals surface area contributed by atoms with Crippen molar-refractivity contribution in [3.8, 4) is 0 Å². The van der Waals surface area contributed by atoms with Gasteiger partial charge >= 0.3 is 0 Å². The molecule has 0 fully saturated rings. The predicted octanol–water partition coefficient (Wildman–Crippen LogP) is 3.18. The van der Waals surface area contributed by atoms with E-state index in [-0.39, 0.29) is 24.0 Å². The van der Waals surface area contributed by atoms with Crippen molar-refractivity contribution >= 4 is 40.0 Å². The second-order valence-corrected chi connectivity index (χ2v) is 6.14. The summed E-state index contributed by atoms with van der Waals surface area (Å²) in [4.78, 5) is 17.1. The molecule has 0 unspecified atom stereocenters. The molecule has 0 spiro atoms. The summed E-state index contributed by atoms with van der Waals surface area (Å²) < 4.78 is 0. The molecule has 1 aromatic carbocycles. The molecule has 3 rings (SSSR count). The van der Waals surface area contributed by atoms with Gasteiger partial charge in [0.05, 0.1) is 12.1 Å². The second kappa shape index (κ2) is 5.85. The fourth-order valence-electron chi connectivity index (χ4n) is 2.42. The second-order valence-electron chi connectivity index (χ2n) is 5.28. The van der Waals surface area contributed by atoms with Crippen molar-refractivity contribution in [1.82, 2.24) is 4.98 Å². The van der Waals surface area contributed by atoms with Crippen molar-refractivity contribution in [3.63, 3.8) is 0 Å². The lowest BCUT2D eigenvalue weighted by Crippen LogP contribution is -2.26. The monoisotopic (exact) mass is 328 g/mol. The third-order valence-corrected chi connectivity index (χ3v) is 4.41. The third kappa shape index (κ3) is 2.95. The maximum Gasteiger partial charge on any atom is 0.221 e. The highest BCUT2D eigenvalue weighted by molar-refractivity contribution is 7.11. The van der Waals surface area contributed by atoms with Crippen LogP contribution in [0.3, 0.4) is 0 Å². The summed E-state index contributed by atoms with van der Waals surface area (Å²) in [6.45, 7) is 3.58. The van der Waals surface area contributed by atoms with Gasteiger partial charge in [-0.1, -0.05) is 0 Å². The van der Waals surface area contributed by atoms with Crippen LogP contribution in [0.2, 0.25) is 0 Å². The Morgan fingerprint density at radius 2 is 2.09 bits per heavy atom. The lowest BCUT2D eigenvalue weighted by molar-refractivity contribution is -0.114. The summed E-state index contributed by atoms with van der Waals surface area (Å²) >= 11 is 1.42. The van der Waals surface area contributed by atoms with Crippen LogP contribution in [0.25, 0.3) is 5.57 Å². The van der Waals surface area contributed by atoms with Crippen LogP contribution in [0.1, 0.15) is 17.6 Å². The minimum atomic E-state index is -0.132. The summed E-state index contributed by atoms with van der Waals surface area (Å²) in [5.74, 6) is 0.242. The Kier molecular flexibility index (Phi) is 3.87. The molecule has 1 aliphatic rings. The van der Waals surface area contributed by atoms with Crippen LogP contribution in [0.15, 0.2) is 35.4 Å². The topological polar surface area (TPSA) is 89.3 Å². The van der Waals surface area contributed by atoms with E-state index in [2.05, 4.69) is 10.3 Å². The first-order valence-corrected chi connectivity index (χ1v) is 7.92. The van der Waals surface area contributed by atoms with Gasteiger partial charge in [-0.2, -0.15) is 0 Å². The lowest BCUT2D eigenvalue weighted by atomic mass is 10.2. The van der Waals surface area contributed by atoms with Gasteiger partial charge < -0.3 is 15.3 Å². The maximum absolute atomic E-state index is 11.1. The minimum Gasteiger partial charge on any atom is -0.510 e. The molecule has 0 bridgehead atoms. The van der Waals surface area contributed by atoms with Gasteiger partial charge in [-0.15, -0.1) is 11.3 Å². The van der Waals surface area contributed by atoms with E-state index < -0.39 is 0 Å². The van der Waals surface area contributed by atoms with Crippen molar-refractivity contribution in [1.29, 1.82) is 5.41 Å². The number of nitrogens with one attached hydrogen (secondary N) is 2. The number of amidine groups is 1. The van der Waals surface area contributed by atoms with Crippen LogP contribution in [-0.2, 0) is 4.79 Å². The molecule has 2 aromatic rings. The fourth-order valence-corrected chi connectivity index (χ4v) is 3.29. The van der Waals surface area contributed by atoms with Gasteiger partial charge in [0, 0.05) is 29.4 Å². The van der Waals surface area contributed by atoms with Crippen molar-refractivity contribution in [2.45, 2.75) is 13.8 Å². The summed E-state index contributed by atoms with van der Waals surface area (Å²) in [6, 6.07) is 7.16. The van der Waals surface area contributed by atoms with Crippen molar-refractivity contribution < 1.29 is 9.90 Å². The molecule has 2 heterocycles. The number of carbonyl (C=O) groups excluding carboxylic acids is 1. The Hall–Kier alpha value is -2.67. The van der Waals surface area contributed by atoms with E-state index >= 15 is 0 Å². The normalized spacial score (nSPS) is 14.5. The molecule has 0 radical (unpaired) electrons. The highest BCUT2D eigenvalue weighted by atomic mass is 32.1. The number of benzene rings is 1. The molecule has 23 heavy (non-hydrogen) atoms. The average molecular weight is 328 g/mol. The van der Waals surface area contributed by atoms with E-state index in [4.69, 9.17) is 5.41 Å². The molecular weight excluding hydrogens is 312 g/mol. The van der Waals surface area contributed by atoms with Gasteiger partial charge in [-0.05, 0) is 31.2 Å². The first kappa shape index (κ1) is 15.2. The molecule has 1 amide bonds. The molecule has 6 nitrogen and oxygen atoms in total. The lowest BCUT2D eigenvalue weighted by Gasteiger charge is -2.19. The number of aliphatic hydroxyl groups excluding tert-OH is 1. The van der Waals surface area contributed by atoms with Gasteiger partial charge in [0.1, 0.15) is 16.6 Å². The van der Waals surface area contributed by atoms with Crippen LogP contribution >= 0.6 is 11.3 Å². The quantitative estimate of drug-likeness (QED) is 0.807. The van der Waals surface area contributed by atoms with Crippen molar-refractivity contribution in [2.24, 2.45) is 0 Å². The minimum absolute atomic E-state index is 0.132. The van der Waals surface area contributed by atoms with E-state index in [1.165, 1.54) is 18.3 Å². The Balaban J connectivity index is 1.84. The fraction of sp³-hybridized carbons (Fsp3) is 0.188. The van der Waals surface area contributed by atoms with E-state index in [9.17, 15) is 9.90 Å². The zero-order valence-corrected chi connectivity index (χ0v) is 13.6. The summed E-state index contributed by atoms with van der Waals surface area (Å²) in [6.07, 6.45) is 0. The molecule has 118 valence electrons. The molecule has 3 N–H and O–H groups in total. The van der Waals surface area contributed by atoms with Crippen molar-refractivity contribution in [2.75, 3.05) is 16.8 Å². The van der Waals surface area contributed by atoms with Crippen molar-refractivity contribution in [3.05, 3.63) is 46.1 Å². The first-order chi connectivity index (χ1) is 11.0. The third-order valence-electron chi connectivity index (χ3n) is 3.44. The average Bonchev–Trinajstić information content (AvgIpc) is 3.03. The predicted molar refractivity (Wildman–Crippen MR) is 92.2 cm³/mol. The molecule has 1 aromatic heterocycles. The number of nitrogens with zero attached hydrogens (tertiary/aromatic N) is 2. The van der Waals surface area contributed by atoms with Gasteiger partial charge in [0.15, 0.2) is 0 Å². The molecule has 1 aliphatic heterocycles. The Morgan fingerprint density at radius 1 is 1.39 bits per heavy atom. The SMILES string of the molecule is CC(=O)Nc1ccc(N2CC(O)=C(c3nc(C)cs3)C2=N)cc1. The molecule has 0 atom stereocenters. The number of hydrogen-bond acceptors (Lipinski definition) is 5. The number of thiazole rings is 1. The molecule has 0 saturated carbocycles. The summed E-state index contributed by atoms with van der Waals surface area (Å²) in [7, 11) is 0. The summed E-state index contributed by atoms with van der Waals surface area (Å²) in [5, 5.41) is 23.8. The first-order valence-electron chi connectivity index (χ1n) is 7.04.